The number of hydrogen-bond acceptors (Lipinski definition) is 6. The fraction of sp³-hybridized carbons (Fsp3) is 0.467. The van der Waals surface area contributed by atoms with E-state index in [1.165, 1.54) is 6.26 Å². The van der Waals surface area contributed by atoms with Gasteiger partial charge in [0, 0.05) is 12.5 Å². The topological polar surface area (TPSA) is 134 Å². The van der Waals surface area contributed by atoms with Gasteiger partial charge in [-0.25, -0.2) is 0 Å². The Hall–Kier alpha value is -2.68. The predicted molar refractivity (Wildman–Crippen MR) is 84.5 cm³/mol. The van der Waals surface area contributed by atoms with Gasteiger partial charge >= 0.3 is 5.69 Å². The van der Waals surface area contributed by atoms with Crippen LogP contribution in [0.4, 0.5) is 5.69 Å². The molecule has 130 valence electrons. The van der Waals surface area contributed by atoms with E-state index in [1.807, 2.05) is 6.92 Å². The summed E-state index contributed by atoms with van der Waals surface area (Å²) in [6, 6.07) is 2.86. The van der Waals surface area contributed by atoms with Crippen molar-refractivity contribution in [2.75, 3.05) is 0 Å². The first-order valence-corrected chi connectivity index (χ1v) is 7.68. The first-order chi connectivity index (χ1) is 11.4. The molecule has 0 spiro atoms. The molecule has 0 radical (unpaired) electrons. The summed E-state index contributed by atoms with van der Waals surface area (Å²) in [7, 11) is 0. The van der Waals surface area contributed by atoms with Crippen LogP contribution in [-0.2, 0) is 6.42 Å². The van der Waals surface area contributed by atoms with Crippen LogP contribution in [0, 0.1) is 10.1 Å². The number of aryl methyl sites for hydroxylation is 1. The van der Waals surface area contributed by atoms with Crippen LogP contribution in [0.25, 0.3) is 0 Å². The van der Waals surface area contributed by atoms with E-state index in [1.54, 1.807) is 19.1 Å². The van der Waals surface area contributed by atoms with Gasteiger partial charge in [-0.3, -0.25) is 20.0 Å². The molecule has 0 aliphatic rings. The second kappa shape index (κ2) is 7.73. The minimum absolute atomic E-state index is 0.208. The smallest absolute Gasteiger partial charge is 0.322 e. The van der Waals surface area contributed by atoms with Gasteiger partial charge in [0.25, 0.3) is 5.91 Å². The van der Waals surface area contributed by atoms with Gasteiger partial charge in [-0.1, -0.05) is 13.3 Å². The quantitative estimate of drug-likeness (QED) is 0.499. The van der Waals surface area contributed by atoms with Gasteiger partial charge in [0.15, 0.2) is 0 Å². The Morgan fingerprint density at radius 2 is 2.33 bits per heavy atom. The Morgan fingerprint density at radius 3 is 2.92 bits per heavy atom. The van der Waals surface area contributed by atoms with E-state index >= 15 is 0 Å². The number of aromatic nitrogens is 2. The molecule has 0 aliphatic carbocycles. The van der Waals surface area contributed by atoms with Crippen LogP contribution in [0.15, 0.2) is 22.8 Å². The number of aliphatic hydroxyl groups excluding tert-OH is 1. The third-order valence-electron chi connectivity index (χ3n) is 3.54. The number of furan rings is 1. The molecule has 0 saturated carbocycles. The summed E-state index contributed by atoms with van der Waals surface area (Å²) >= 11 is 0. The van der Waals surface area contributed by atoms with Crippen LogP contribution >= 0.6 is 0 Å². The highest BCUT2D eigenvalue weighted by molar-refractivity contribution is 5.96. The molecule has 2 rings (SSSR count). The highest BCUT2D eigenvalue weighted by Gasteiger charge is 2.29. The summed E-state index contributed by atoms with van der Waals surface area (Å²) in [6.07, 6.45) is 1.91. The van der Waals surface area contributed by atoms with Crippen LogP contribution in [-0.4, -0.2) is 32.2 Å². The van der Waals surface area contributed by atoms with Crippen LogP contribution in [0.1, 0.15) is 54.7 Å². The average Bonchev–Trinajstić information content (AvgIpc) is 3.16. The number of nitrogens with zero attached hydrogens (tertiary/aromatic N) is 2. The number of H-pyrrole nitrogens is 1. The largest absolute Gasteiger partial charge is 0.467 e. The van der Waals surface area contributed by atoms with Crippen molar-refractivity contribution >= 4 is 11.6 Å². The van der Waals surface area contributed by atoms with Crippen molar-refractivity contribution in [2.45, 2.75) is 45.3 Å². The van der Waals surface area contributed by atoms with Crippen LogP contribution in [0.2, 0.25) is 0 Å². The minimum Gasteiger partial charge on any atom is -0.467 e. The van der Waals surface area contributed by atoms with E-state index in [-0.39, 0.29) is 17.8 Å². The molecule has 2 heterocycles. The van der Waals surface area contributed by atoms with Gasteiger partial charge in [0.2, 0.25) is 5.69 Å². The summed E-state index contributed by atoms with van der Waals surface area (Å²) in [5, 5.41) is 30.2. The zero-order chi connectivity index (χ0) is 17.7. The fourth-order valence-corrected chi connectivity index (χ4v) is 2.43. The number of aromatic amines is 1. The predicted octanol–water partition coefficient (Wildman–Crippen LogP) is 2.11. The number of carbonyl (C=O) groups is 1. The van der Waals surface area contributed by atoms with Crippen molar-refractivity contribution in [1.82, 2.24) is 15.5 Å². The van der Waals surface area contributed by atoms with E-state index < -0.39 is 23.0 Å². The lowest BCUT2D eigenvalue weighted by Crippen LogP contribution is -2.34. The highest BCUT2D eigenvalue weighted by Crippen LogP contribution is 2.23. The van der Waals surface area contributed by atoms with Gasteiger partial charge in [0.1, 0.15) is 17.6 Å². The molecule has 9 heteroatoms. The summed E-state index contributed by atoms with van der Waals surface area (Å²) in [5.74, 6) is -0.258. The normalized spacial score (nSPS) is 13.5. The van der Waals surface area contributed by atoms with Crippen molar-refractivity contribution < 1.29 is 19.2 Å². The van der Waals surface area contributed by atoms with Crippen molar-refractivity contribution in [3.05, 3.63) is 45.7 Å². The zero-order valence-corrected chi connectivity index (χ0v) is 13.5. The van der Waals surface area contributed by atoms with Crippen LogP contribution < -0.4 is 5.32 Å². The van der Waals surface area contributed by atoms with Gasteiger partial charge in [-0.2, -0.15) is 5.10 Å². The molecule has 0 bridgehead atoms. The molecular formula is C15H20N4O5. The molecule has 9 nitrogen and oxygen atoms in total. The molecule has 1 amide bonds. The summed E-state index contributed by atoms with van der Waals surface area (Å²) < 4.78 is 5.10. The minimum atomic E-state index is -0.875. The average molecular weight is 336 g/mol. The first kappa shape index (κ1) is 17.7. The highest BCUT2D eigenvalue weighted by atomic mass is 16.6. The number of nitrogens with one attached hydrogen (secondary N) is 2. The van der Waals surface area contributed by atoms with Crippen LogP contribution in [0.5, 0.6) is 0 Å². The van der Waals surface area contributed by atoms with Gasteiger partial charge < -0.3 is 14.8 Å². The molecule has 24 heavy (non-hydrogen) atoms. The third-order valence-corrected chi connectivity index (χ3v) is 3.54. The van der Waals surface area contributed by atoms with E-state index in [2.05, 4.69) is 15.5 Å². The molecule has 0 aromatic carbocycles. The van der Waals surface area contributed by atoms with Crippen molar-refractivity contribution in [3.63, 3.8) is 0 Å². The summed E-state index contributed by atoms with van der Waals surface area (Å²) in [5.41, 5.74) is -0.216. The number of nitro groups is 1. The Balaban J connectivity index is 2.05. The number of aliphatic hydroxyl groups is 1. The molecule has 0 saturated heterocycles. The lowest BCUT2D eigenvalue weighted by atomic mass is 10.1. The third kappa shape index (κ3) is 3.99. The molecule has 3 N–H and O–H groups in total. The summed E-state index contributed by atoms with van der Waals surface area (Å²) in [4.78, 5) is 22.9. The first-order valence-electron chi connectivity index (χ1n) is 7.68. The van der Waals surface area contributed by atoms with E-state index in [9.17, 15) is 20.0 Å². The van der Waals surface area contributed by atoms with Crippen molar-refractivity contribution in [1.29, 1.82) is 0 Å². The number of hydrogen-bond donors (Lipinski definition) is 3. The van der Waals surface area contributed by atoms with Gasteiger partial charge in [0.05, 0.1) is 11.2 Å². The van der Waals surface area contributed by atoms with E-state index in [4.69, 9.17) is 4.42 Å². The van der Waals surface area contributed by atoms with E-state index in [0.717, 1.165) is 0 Å². The molecule has 2 atom stereocenters. The number of amides is 1. The molecule has 2 aromatic heterocycles. The second-order valence-electron chi connectivity index (χ2n) is 5.55. The standard InChI is InChI=1S/C15H20N4O5/c1-3-5-10-14(19(22)23)13(18-17-10)15(21)16-9(2)8-11(20)12-6-4-7-24-12/h4,6-7,9,11,20H,3,5,8H2,1-2H3,(H,16,21)(H,17,18). The fourth-order valence-electron chi connectivity index (χ4n) is 2.43. The van der Waals surface area contributed by atoms with Gasteiger partial charge in [-0.15, -0.1) is 0 Å². The Kier molecular flexibility index (Phi) is 5.69. The molecule has 2 aromatic rings. The zero-order valence-electron chi connectivity index (χ0n) is 13.5. The number of carbonyl (C=O) groups excluding carboxylic acids is 1. The van der Waals surface area contributed by atoms with Crippen LogP contribution in [0.3, 0.4) is 0 Å². The maximum Gasteiger partial charge on any atom is 0.322 e. The monoisotopic (exact) mass is 336 g/mol. The maximum absolute atomic E-state index is 12.3. The Bertz CT molecular complexity index is 695. The van der Waals surface area contributed by atoms with E-state index in [0.29, 0.717) is 24.3 Å². The van der Waals surface area contributed by atoms with Gasteiger partial charge in [-0.05, 0) is 25.5 Å². The molecule has 0 aliphatic heterocycles. The molecular weight excluding hydrogens is 316 g/mol. The Labute approximate surface area is 138 Å². The summed E-state index contributed by atoms with van der Waals surface area (Å²) in [6.45, 7) is 3.57. The lowest BCUT2D eigenvalue weighted by molar-refractivity contribution is -0.385. The molecule has 2 unspecified atom stereocenters. The second-order valence-corrected chi connectivity index (χ2v) is 5.55. The Morgan fingerprint density at radius 1 is 1.58 bits per heavy atom. The maximum atomic E-state index is 12.3. The lowest BCUT2D eigenvalue weighted by Gasteiger charge is -2.15. The SMILES string of the molecule is CCCc1[nH]nc(C(=O)NC(C)CC(O)c2ccco2)c1[N+](=O)[O-]. The van der Waals surface area contributed by atoms with Crippen molar-refractivity contribution in [3.8, 4) is 0 Å². The van der Waals surface area contributed by atoms with Crippen molar-refractivity contribution in [2.24, 2.45) is 0 Å². The molecule has 0 fully saturated rings. The number of rotatable bonds is 8.